The Kier molecular flexibility index (Phi) is 6.22. The van der Waals surface area contributed by atoms with Gasteiger partial charge in [-0.1, -0.05) is 6.07 Å². The van der Waals surface area contributed by atoms with Crippen molar-refractivity contribution in [2.45, 2.75) is 6.42 Å². The van der Waals surface area contributed by atoms with E-state index in [1.807, 2.05) is 12.1 Å². The molecule has 2 atom stereocenters. The topological polar surface area (TPSA) is 77.5 Å². The number of halogens is 1. The number of fused-ring (bicyclic) bond motifs is 1. The number of hydrogen-bond donors (Lipinski definition) is 1. The molecule has 2 aromatic heterocycles. The van der Waals surface area contributed by atoms with E-state index in [1.54, 1.807) is 24.5 Å². The van der Waals surface area contributed by atoms with Gasteiger partial charge in [0.15, 0.2) is 11.6 Å². The molecular formula is C24H30FN7O. The van der Waals surface area contributed by atoms with Gasteiger partial charge in [0.25, 0.3) is 0 Å². The van der Waals surface area contributed by atoms with Crippen molar-refractivity contribution < 1.29 is 9.18 Å². The molecule has 0 bridgehead atoms. The van der Waals surface area contributed by atoms with Gasteiger partial charge in [0.1, 0.15) is 0 Å². The van der Waals surface area contributed by atoms with Crippen LogP contribution in [0, 0.1) is 23.6 Å². The number of piperazine rings is 1. The molecule has 0 spiro atoms. The van der Waals surface area contributed by atoms with Crippen LogP contribution in [0.15, 0.2) is 36.8 Å². The Bertz CT molecular complexity index is 997. The molecule has 9 heteroatoms. The monoisotopic (exact) mass is 451 g/mol. The molecule has 1 N–H and O–H groups in total. The Hall–Kier alpha value is -3.07. The fraction of sp³-hybridized carbons (Fsp3) is 0.500. The van der Waals surface area contributed by atoms with Gasteiger partial charge in [-0.05, 0) is 48.9 Å². The highest BCUT2D eigenvalue weighted by Crippen LogP contribution is 2.54. The Morgan fingerprint density at radius 3 is 2.70 bits per heavy atom. The van der Waals surface area contributed by atoms with Crippen molar-refractivity contribution in [2.75, 3.05) is 62.7 Å². The van der Waals surface area contributed by atoms with Crippen LogP contribution in [0.2, 0.25) is 0 Å². The summed E-state index contributed by atoms with van der Waals surface area (Å²) in [5.41, 5.74) is 0.900. The second-order valence-corrected chi connectivity index (χ2v) is 9.23. The third-order valence-corrected chi connectivity index (χ3v) is 7.06. The maximum absolute atomic E-state index is 14.5. The average molecular weight is 452 g/mol. The van der Waals surface area contributed by atoms with Crippen LogP contribution in [0.25, 0.3) is 6.08 Å². The van der Waals surface area contributed by atoms with Gasteiger partial charge in [0.05, 0.1) is 6.20 Å². The number of likely N-dealkylation sites (N-methyl/N-ethyl adjacent to an activating group) is 1. The summed E-state index contributed by atoms with van der Waals surface area (Å²) in [6, 6.07) is 3.75. The van der Waals surface area contributed by atoms with Crippen molar-refractivity contribution in [2.24, 2.45) is 17.8 Å². The molecule has 2 aliphatic heterocycles. The first-order valence-electron chi connectivity index (χ1n) is 11.7. The Labute approximate surface area is 193 Å². The number of piperidine rings is 1. The third kappa shape index (κ3) is 4.98. The number of nitrogens with zero attached hydrogens (tertiary/aromatic N) is 6. The molecule has 174 valence electrons. The normalized spacial score (nSPS) is 24.8. The van der Waals surface area contributed by atoms with Crippen molar-refractivity contribution in [3.63, 3.8) is 0 Å². The van der Waals surface area contributed by atoms with E-state index in [4.69, 9.17) is 0 Å². The Morgan fingerprint density at radius 2 is 1.97 bits per heavy atom. The van der Waals surface area contributed by atoms with Crippen LogP contribution in [0.3, 0.4) is 0 Å². The summed E-state index contributed by atoms with van der Waals surface area (Å²) in [4.78, 5) is 31.4. The predicted molar refractivity (Wildman–Crippen MR) is 125 cm³/mol. The van der Waals surface area contributed by atoms with E-state index in [1.165, 1.54) is 6.20 Å². The highest BCUT2D eigenvalue weighted by molar-refractivity contribution is 5.91. The minimum atomic E-state index is -0.349. The zero-order valence-electron chi connectivity index (χ0n) is 18.9. The number of rotatable bonds is 7. The van der Waals surface area contributed by atoms with Gasteiger partial charge in [-0.2, -0.15) is 4.98 Å². The van der Waals surface area contributed by atoms with E-state index in [-0.39, 0.29) is 11.7 Å². The Balaban J connectivity index is 1.08. The van der Waals surface area contributed by atoms with Crippen LogP contribution in [0.1, 0.15) is 12.0 Å². The third-order valence-electron chi connectivity index (χ3n) is 7.06. The molecule has 2 unspecified atom stereocenters. The molecule has 1 saturated carbocycles. The van der Waals surface area contributed by atoms with E-state index < -0.39 is 0 Å². The maximum atomic E-state index is 14.5. The van der Waals surface area contributed by atoms with Crippen molar-refractivity contribution in [3.05, 3.63) is 48.2 Å². The molecule has 3 aliphatic rings. The highest BCUT2D eigenvalue weighted by Gasteiger charge is 2.55. The van der Waals surface area contributed by atoms with E-state index in [0.29, 0.717) is 36.1 Å². The summed E-state index contributed by atoms with van der Waals surface area (Å²) >= 11 is 0. The largest absolute Gasteiger partial charge is 0.353 e. The van der Waals surface area contributed by atoms with Crippen LogP contribution >= 0.6 is 0 Å². The molecule has 2 aromatic rings. The number of carbonyl (C=O) groups excluding carboxylic acids is 1. The highest BCUT2D eigenvalue weighted by atomic mass is 19.1. The first kappa shape index (κ1) is 21.8. The molecule has 33 heavy (non-hydrogen) atoms. The van der Waals surface area contributed by atoms with Crippen molar-refractivity contribution in [1.29, 1.82) is 0 Å². The molecule has 0 aromatic carbocycles. The molecule has 3 fully saturated rings. The quantitative estimate of drug-likeness (QED) is 0.642. The number of anilines is 2. The number of carbonyl (C=O) groups is 1. The smallest absolute Gasteiger partial charge is 0.244 e. The van der Waals surface area contributed by atoms with E-state index >= 15 is 0 Å². The average Bonchev–Trinajstić information content (AvgIpc) is 3.27. The van der Waals surface area contributed by atoms with Crippen molar-refractivity contribution >= 4 is 23.7 Å². The molecule has 5 rings (SSSR count). The van der Waals surface area contributed by atoms with Crippen LogP contribution in [-0.2, 0) is 4.79 Å². The van der Waals surface area contributed by atoms with Gasteiger partial charge < -0.3 is 20.0 Å². The molecule has 0 radical (unpaired) electrons. The van der Waals surface area contributed by atoms with Gasteiger partial charge in [0.2, 0.25) is 11.9 Å². The summed E-state index contributed by atoms with van der Waals surface area (Å²) in [6.07, 6.45) is 8.99. The van der Waals surface area contributed by atoms with E-state index in [2.05, 4.69) is 42.0 Å². The van der Waals surface area contributed by atoms with Gasteiger partial charge in [-0.3, -0.25) is 9.78 Å². The zero-order chi connectivity index (χ0) is 22.8. The minimum absolute atomic E-state index is 0.0919. The number of hydrogen-bond acceptors (Lipinski definition) is 7. The molecule has 1 aliphatic carbocycles. The molecular weight excluding hydrogens is 421 g/mol. The molecule has 2 saturated heterocycles. The predicted octanol–water partition coefficient (Wildman–Crippen LogP) is 1.66. The van der Waals surface area contributed by atoms with Gasteiger partial charge >= 0.3 is 0 Å². The maximum Gasteiger partial charge on any atom is 0.244 e. The second kappa shape index (κ2) is 9.43. The van der Waals surface area contributed by atoms with Gasteiger partial charge in [0, 0.05) is 64.3 Å². The first-order valence-corrected chi connectivity index (χ1v) is 11.7. The van der Waals surface area contributed by atoms with Gasteiger partial charge in [-0.15, -0.1) is 0 Å². The second-order valence-electron chi connectivity index (χ2n) is 9.23. The fourth-order valence-corrected chi connectivity index (χ4v) is 5.05. The molecule has 4 heterocycles. The number of nitrogens with one attached hydrogen (secondary N) is 1. The Morgan fingerprint density at radius 1 is 1.18 bits per heavy atom. The van der Waals surface area contributed by atoms with E-state index in [0.717, 1.165) is 51.3 Å². The summed E-state index contributed by atoms with van der Waals surface area (Å²) in [6.45, 7) is 5.93. The van der Waals surface area contributed by atoms with Crippen molar-refractivity contribution in [1.82, 2.24) is 25.2 Å². The van der Waals surface area contributed by atoms with Gasteiger partial charge in [-0.25, -0.2) is 9.37 Å². The lowest BCUT2D eigenvalue weighted by atomic mass is 10.2. The summed E-state index contributed by atoms with van der Waals surface area (Å²) in [5, 5.41) is 2.96. The molecule has 1 amide bonds. The number of aromatic nitrogens is 3. The van der Waals surface area contributed by atoms with Crippen LogP contribution in [0.5, 0.6) is 0 Å². The van der Waals surface area contributed by atoms with E-state index in [9.17, 15) is 9.18 Å². The summed E-state index contributed by atoms with van der Waals surface area (Å²) in [7, 11) is 2.10. The lowest BCUT2D eigenvalue weighted by molar-refractivity contribution is -0.116. The fourth-order valence-electron chi connectivity index (χ4n) is 5.05. The minimum Gasteiger partial charge on any atom is -0.353 e. The SMILES string of the molecule is CN1CCN(c2ncc(F)c(N3CC4C(CCNC(=O)/C=C/c5cccnc5)C4C3)n2)CC1. The van der Waals surface area contributed by atoms with Crippen molar-refractivity contribution in [3.8, 4) is 0 Å². The number of amides is 1. The van der Waals surface area contributed by atoms with Crippen LogP contribution in [0.4, 0.5) is 16.2 Å². The van der Waals surface area contributed by atoms with Crippen LogP contribution in [-0.4, -0.2) is 78.6 Å². The summed E-state index contributed by atoms with van der Waals surface area (Å²) < 4.78 is 14.5. The zero-order valence-corrected chi connectivity index (χ0v) is 18.9. The standard InChI is InChI=1S/C24H30FN7O/c1-30-9-11-31(12-10-30)24-28-14-21(25)23(29-24)32-15-19-18(20(19)16-32)6-8-27-22(33)5-4-17-3-2-7-26-13-17/h2-5,7,13-14,18-20H,6,8-12,15-16H2,1H3,(H,27,33)/b5-4+. The molecule has 8 nitrogen and oxygen atoms in total. The summed E-state index contributed by atoms with van der Waals surface area (Å²) in [5.74, 6) is 2.30. The first-order chi connectivity index (χ1) is 16.1. The number of pyridine rings is 1. The van der Waals surface area contributed by atoms with Crippen LogP contribution < -0.4 is 15.1 Å². The lowest BCUT2D eigenvalue weighted by Gasteiger charge is -2.33. The lowest BCUT2D eigenvalue weighted by Crippen LogP contribution is -2.45.